The van der Waals surface area contributed by atoms with Crippen molar-refractivity contribution in [3.63, 3.8) is 0 Å². The number of carbonyl (C=O) groups is 1. The fourth-order valence-corrected chi connectivity index (χ4v) is 2.21. The Morgan fingerprint density at radius 2 is 2.00 bits per heavy atom. The lowest BCUT2D eigenvalue weighted by Crippen LogP contribution is -1.96. The van der Waals surface area contributed by atoms with E-state index in [4.69, 9.17) is 9.84 Å². The molecule has 2 rings (SSSR count). The van der Waals surface area contributed by atoms with E-state index >= 15 is 0 Å². The first-order chi connectivity index (χ1) is 10.4. The van der Waals surface area contributed by atoms with E-state index < -0.39 is 5.97 Å². The van der Waals surface area contributed by atoms with E-state index in [0.29, 0.717) is 15.7 Å². The van der Waals surface area contributed by atoms with Crippen molar-refractivity contribution in [3.8, 4) is 17.2 Å². The number of aliphatic imine (C=N–C) groups is 1. The number of methoxy groups -OCH3 is 1. The first-order valence-corrected chi connectivity index (χ1v) is 6.88. The van der Waals surface area contributed by atoms with Crippen molar-refractivity contribution < 1.29 is 24.9 Å². The van der Waals surface area contributed by atoms with Gasteiger partial charge in [-0.15, -0.1) is 0 Å². The zero-order valence-corrected chi connectivity index (χ0v) is 13.0. The van der Waals surface area contributed by atoms with Crippen LogP contribution in [0.25, 0.3) is 0 Å². The van der Waals surface area contributed by atoms with Crippen LogP contribution >= 0.6 is 15.9 Å². The molecule has 22 heavy (non-hydrogen) atoms. The zero-order valence-electron chi connectivity index (χ0n) is 11.4. The molecule has 0 radical (unpaired) electrons. The van der Waals surface area contributed by atoms with Crippen molar-refractivity contribution in [3.05, 3.63) is 45.9 Å². The number of carboxylic acid groups (broad SMARTS) is 1. The van der Waals surface area contributed by atoms with Crippen LogP contribution in [0, 0.1) is 0 Å². The van der Waals surface area contributed by atoms with E-state index in [-0.39, 0.29) is 22.8 Å². The molecule has 0 aliphatic carbocycles. The van der Waals surface area contributed by atoms with Gasteiger partial charge in [-0.05, 0) is 51.8 Å². The summed E-state index contributed by atoms with van der Waals surface area (Å²) >= 11 is 3.20. The molecule has 0 amide bonds. The Labute approximate surface area is 134 Å². The number of hydrogen-bond donors (Lipinski definition) is 3. The van der Waals surface area contributed by atoms with Crippen LogP contribution in [0.15, 0.2) is 39.8 Å². The van der Waals surface area contributed by atoms with Crippen LogP contribution in [-0.4, -0.2) is 34.6 Å². The number of rotatable bonds is 4. The summed E-state index contributed by atoms with van der Waals surface area (Å²) in [4.78, 5) is 15.1. The topological polar surface area (TPSA) is 99.4 Å². The number of phenolic OH excluding ortho intramolecular Hbond substituents is 1. The van der Waals surface area contributed by atoms with Crippen LogP contribution < -0.4 is 4.74 Å². The van der Waals surface area contributed by atoms with Gasteiger partial charge in [-0.25, -0.2) is 4.79 Å². The quantitative estimate of drug-likeness (QED) is 0.721. The predicted octanol–water partition coefficient (Wildman–Crippen LogP) is 3.32. The van der Waals surface area contributed by atoms with Gasteiger partial charge >= 0.3 is 5.97 Å². The standard InChI is InChI=1S/C15H12BrNO5/c1-22-13-5-8(4-11(16)14(13)19)7-17-9-2-3-12(18)10(6-9)15(20)21/h2-7,18-19H,1H3,(H,20,21). The van der Waals surface area contributed by atoms with Crippen molar-refractivity contribution in [2.75, 3.05) is 7.11 Å². The third kappa shape index (κ3) is 3.37. The number of aromatic carboxylic acids is 1. The number of hydrogen-bond acceptors (Lipinski definition) is 5. The summed E-state index contributed by atoms with van der Waals surface area (Å²) in [6.45, 7) is 0. The molecule has 0 bridgehead atoms. The first kappa shape index (κ1) is 15.8. The Morgan fingerprint density at radius 3 is 2.64 bits per heavy atom. The summed E-state index contributed by atoms with van der Waals surface area (Å²) < 4.78 is 5.48. The lowest BCUT2D eigenvalue weighted by Gasteiger charge is -2.06. The Balaban J connectivity index is 2.35. The van der Waals surface area contributed by atoms with Crippen LogP contribution in [-0.2, 0) is 0 Å². The second-order valence-electron chi connectivity index (χ2n) is 4.32. The highest BCUT2D eigenvalue weighted by Gasteiger charge is 2.10. The fraction of sp³-hybridized carbons (Fsp3) is 0.0667. The van der Waals surface area contributed by atoms with Crippen LogP contribution in [0.5, 0.6) is 17.2 Å². The molecular formula is C15H12BrNO5. The number of nitrogens with zero attached hydrogens (tertiary/aromatic N) is 1. The number of carboxylic acids is 1. The molecule has 2 aromatic carbocycles. The average molecular weight is 366 g/mol. The Morgan fingerprint density at radius 1 is 1.27 bits per heavy atom. The second-order valence-corrected chi connectivity index (χ2v) is 5.17. The van der Waals surface area contributed by atoms with E-state index in [1.54, 1.807) is 12.1 Å². The van der Waals surface area contributed by atoms with Gasteiger partial charge in [-0.1, -0.05) is 0 Å². The number of halogens is 1. The van der Waals surface area contributed by atoms with Crippen LogP contribution in [0.4, 0.5) is 5.69 Å². The van der Waals surface area contributed by atoms with Gasteiger partial charge in [0, 0.05) is 6.21 Å². The number of aromatic hydroxyl groups is 2. The molecule has 0 heterocycles. The normalized spacial score (nSPS) is 10.8. The van der Waals surface area contributed by atoms with Crippen molar-refractivity contribution in [1.29, 1.82) is 0 Å². The van der Waals surface area contributed by atoms with E-state index in [1.807, 2.05) is 0 Å². The summed E-state index contributed by atoms with van der Waals surface area (Å²) in [6, 6.07) is 7.25. The average Bonchev–Trinajstić information content (AvgIpc) is 2.49. The summed E-state index contributed by atoms with van der Waals surface area (Å²) in [6.07, 6.45) is 1.49. The van der Waals surface area contributed by atoms with Crippen LogP contribution in [0.3, 0.4) is 0 Å². The van der Waals surface area contributed by atoms with Crippen molar-refractivity contribution >= 4 is 33.8 Å². The van der Waals surface area contributed by atoms with E-state index in [0.717, 1.165) is 0 Å². The van der Waals surface area contributed by atoms with Gasteiger partial charge in [0.15, 0.2) is 11.5 Å². The summed E-state index contributed by atoms with van der Waals surface area (Å²) in [5.74, 6) is -1.28. The molecule has 3 N–H and O–H groups in total. The smallest absolute Gasteiger partial charge is 0.339 e. The maximum Gasteiger partial charge on any atom is 0.339 e. The Kier molecular flexibility index (Phi) is 4.67. The third-order valence-corrected chi connectivity index (χ3v) is 3.45. The molecule has 0 aliphatic rings. The molecule has 114 valence electrons. The molecule has 0 fully saturated rings. The fourth-order valence-electron chi connectivity index (χ4n) is 1.75. The maximum absolute atomic E-state index is 11.0. The Bertz CT molecular complexity index is 758. The predicted molar refractivity (Wildman–Crippen MR) is 84.7 cm³/mol. The molecule has 6 nitrogen and oxygen atoms in total. The van der Waals surface area contributed by atoms with Crippen molar-refractivity contribution in [2.24, 2.45) is 4.99 Å². The highest BCUT2D eigenvalue weighted by molar-refractivity contribution is 9.10. The highest BCUT2D eigenvalue weighted by Crippen LogP contribution is 2.34. The summed E-state index contributed by atoms with van der Waals surface area (Å²) in [5.41, 5.74) is 0.795. The SMILES string of the molecule is COc1cc(C=Nc2ccc(O)c(C(=O)O)c2)cc(Br)c1O. The number of ether oxygens (including phenoxy) is 1. The van der Waals surface area contributed by atoms with Gasteiger partial charge in [0.25, 0.3) is 0 Å². The van der Waals surface area contributed by atoms with Gasteiger partial charge in [0.05, 0.1) is 17.3 Å². The Hall–Kier alpha value is -2.54. The first-order valence-electron chi connectivity index (χ1n) is 6.09. The zero-order chi connectivity index (χ0) is 16.3. The lowest BCUT2D eigenvalue weighted by molar-refractivity contribution is 0.0694. The minimum Gasteiger partial charge on any atom is -0.507 e. The minimum atomic E-state index is -1.23. The maximum atomic E-state index is 11.0. The second kappa shape index (κ2) is 6.48. The molecule has 0 atom stereocenters. The van der Waals surface area contributed by atoms with Crippen LogP contribution in [0.2, 0.25) is 0 Å². The molecule has 7 heteroatoms. The number of benzene rings is 2. The third-order valence-electron chi connectivity index (χ3n) is 2.84. The molecular weight excluding hydrogens is 354 g/mol. The molecule has 0 saturated carbocycles. The van der Waals surface area contributed by atoms with Gasteiger partial charge in [0.1, 0.15) is 11.3 Å². The van der Waals surface area contributed by atoms with Crippen molar-refractivity contribution in [1.82, 2.24) is 0 Å². The monoisotopic (exact) mass is 365 g/mol. The van der Waals surface area contributed by atoms with E-state index in [9.17, 15) is 15.0 Å². The summed E-state index contributed by atoms with van der Waals surface area (Å²) in [7, 11) is 1.43. The molecule has 2 aromatic rings. The van der Waals surface area contributed by atoms with E-state index in [2.05, 4.69) is 20.9 Å². The van der Waals surface area contributed by atoms with Gasteiger partial charge in [0.2, 0.25) is 0 Å². The molecule has 0 aliphatic heterocycles. The lowest BCUT2D eigenvalue weighted by atomic mass is 10.1. The van der Waals surface area contributed by atoms with E-state index in [1.165, 1.54) is 31.5 Å². The molecule has 0 aromatic heterocycles. The largest absolute Gasteiger partial charge is 0.507 e. The minimum absolute atomic E-state index is 0.0163. The summed E-state index contributed by atoms with van der Waals surface area (Å²) in [5, 5.41) is 28.1. The van der Waals surface area contributed by atoms with Crippen molar-refractivity contribution in [2.45, 2.75) is 0 Å². The molecule has 0 unspecified atom stereocenters. The van der Waals surface area contributed by atoms with Gasteiger partial charge < -0.3 is 20.1 Å². The molecule has 0 spiro atoms. The number of phenols is 2. The van der Waals surface area contributed by atoms with Gasteiger partial charge in [-0.2, -0.15) is 0 Å². The molecule has 0 saturated heterocycles. The van der Waals surface area contributed by atoms with Gasteiger partial charge in [-0.3, -0.25) is 4.99 Å². The highest BCUT2D eigenvalue weighted by atomic mass is 79.9. The van der Waals surface area contributed by atoms with Crippen LogP contribution in [0.1, 0.15) is 15.9 Å².